The lowest BCUT2D eigenvalue weighted by atomic mass is 9.68. The summed E-state index contributed by atoms with van der Waals surface area (Å²) in [5.74, 6) is 0.749. The molecule has 0 saturated heterocycles. The zero-order valence-electron chi connectivity index (χ0n) is 21.3. The first kappa shape index (κ1) is 21.6. The van der Waals surface area contributed by atoms with Crippen LogP contribution in [-0.2, 0) is 0 Å². The molecule has 0 nitrogen and oxygen atoms in total. The molecule has 3 aliphatic rings. The maximum absolute atomic E-state index is 2.54. The van der Waals surface area contributed by atoms with Gasteiger partial charge in [0.25, 0.3) is 0 Å². The fourth-order valence-corrected chi connectivity index (χ4v) is 7.08. The summed E-state index contributed by atoms with van der Waals surface area (Å²) in [7, 11) is 0. The molecule has 180 valence electrons. The fraction of sp³-hybridized carbons (Fsp3) is 0.105. The zero-order chi connectivity index (χ0) is 25.1. The molecule has 0 bridgehead atoms. The molecule has 2 atom stereocenters. The lowest BCUT2D eigenvalue weighted by molar-refractivity contribution is 0.637. The van der Waals surface area contributed by atoms with Crippen molar-refractivity contribution >= 4 is 37.9 Å². The van der Waals surface area contributed by atoms with Crippen LogP contribution in [0.1, 0.15) is 18.4 Å². The van der Waals surface area contributed by atoms with Crippen molar-refractivity contribution in [1.29, 1.82) is 0 Å². The molecule has 0 spiro atoms. The Balaban J connectivity index is 1.50. The third-order valence-electron chi connectivity index (χ3n) is 8.71. The van der Waals surface area contributed by atoms with Crippen molar-refractivity contribution in [3.8, 4) is 11.1 Å². The monoisotopic (exact) mass is 484 g/mol. The molecule has 0 aromatic heterocycles. The van der Waals surface area contributed by atoms with Crippen LogP contribution in [-0.4, -0.2) is 0 Å². The van der Waals surface area contributed by atoms with Crippen molar-refractivity contribution in [2.24, 2.45) is 11.8 Å². The molecule has 5 aromatic rings. The SMILES string of the molecule is C1=CC2C(c3c4ccccc4c(-c4cccc5ccccc45)c4ccccc34)=CC3=C(C=CCC3)C2C=C1. The Bertz CT molecular complexity index is 1860. The van der Waals surface area contributed by atoms with Crippen molar-refractivity contribution < 1.29 is 0 Å². The number of fused-ring (bicyclic) bond motifs is 5. The molecule has 0 heterocycles. The first-order valence-corrected chi connectivity index (χ1v) is 13.8. The van der Waals surface area contributed by atoms with Crippen LogP contribution < -0.4 is 0 Å². The Morgan fingerprint density at radius 2 is 1.16 bits per heavy atom. The molecule has 0 radical (unpaired) electrons. The third kappa shape index (κ3) is 3.17. The summed E-state index contributed by atoms with van der Waals surface area (Å²) in [4.78, 5) is 0. The molecule has 2 unspecified atom stereocenters. The van der Waals surface area contributed by atoms with E-state index >= 15 is 0 Å². The van der Waals surface area contributed by atoms with Gasteiger partial charge in [-0.2, -0.15) is 0 Å². The molecule has 0 amide bonds. The largest absolute Gasteiger partial charge is 0.0839 e. The lowest BCUT2D eigenvalue weighted by Gasteiger charge is -2.36. The predicted octanol–water partition coefficient (Wildman–Crippen LogP) is 10.2. The molecule has 5 aromatic carbocycles. The number of allylic oxidation sites excluding steroid dienone is 10. The standard InChI is InChI=1S/C38H28/c1-3-15-27-25(12-1)14-11-23-31(27)37-32-19-7-9-21-34(32)38(35-22-10-8-20-33(35)37)36-24-26-13-2-4-16-28(26)29-17-5-6-18-30(29)36/h1,3-12,14-24,29-30H,2,13H2. The molecule has 0 fully saturated rings. The Morgan fingerprint density at radius 3 is 1.89 bits per heavy atom. The van der Waals surface area contributed by atoms with E-state index in [1.165, 1.54) is 65.7 Å². The Morgan fingerprint density at radius 1 is 0.553 bits per heavy atom. The van der Waals surface area contributed by atoms with Crippen LogP contribution in [0.25, 0.3) is 49.0 Å². The Hall–Kier alpha value is -4.42. The summed E-state index contributed by atoms with van der Waals surface area (Å²) in [6, 6.07) is 33.6. The van der Waals surface area contributed by atoms with Crippen molar-refractivity contribution in [3.05, 3.63) is 150 Å². The second kappa shape index (κ2) is 8.57. The van der Waals surface area contributed by atoms with Gasteiger partial charge < -0.3 is 0 Å². The summed E-state index contributed by atoms with van der Waals surface area (Å²) in [5.41, 5.74) is 8.52. The highest BCUT2D eigenvalue weighted by Gasteiger charge is 2.33. The zero-order valence-corrected chi connectivity index (χ0v) is 21.3. The predicted molar refractivity (Wildman–Crippen MR) is 163 cm³/mol. The fourth-order valence-electron chi connectivity index (χ4n) is 7.08. The van der Waals surface area contributed by atoms with Gasteiger partial charge in [-0.05, 0) is 78.6 Å². The average molecular weight is 485 g/mol. The molecule has 0 aliphatic heterocycles. The van der Waals surface area contributed by atoms with E-state index in [1.54, 1.807) is 0 Å². The van der Waals surface area contributed by atoms with Gasteiger partial charge in [-0.3, -0.25) is 0 Å². The topological polar surface area (TPSA) is 0 Å². The van der Waals surface area contributed by atoms with Crippen molar-refractivity contribution in [1.82, 2.24) is 0 Å². The lowest BCUT2D eigenvalue weighted by Crippen LogP contribution is -2.22. The Labute approximate surface area is 223 Å². The van der Waals surface area contributed by atoms with Gasteiger partial charge in [-0.1, -0.05) is 134 Å². The first-order chi connectivity index (χ1) is 18.9. The Kier molecular flexibility index (Phi) is 4.88. The maximum Gasteiger partial charge on any atom is 0.0131 e. The van der Waals surface area contributed by atoms with E-state index < -0.39 is 0 Å². The number of benzene rings is 5. The van der Waals surface area contributed by atoms with Gasteiger partial charge in [0.15, 0.2) is 0 Å². The highest BCUT2D eigenvalue weighted by molar-refractivity contribution is 6.21. The highest BCUT2D eigenvalue weighted by atomic mass is 14.4. The van der Waals surface area contributed by atoms with Gasteiger partial charge >= 0.3 is 0 Å². The normalized spacial score (nSPS) is 20.2. The summed E-state index contributed by atoms with van der Waals surface area (Å²) < 4.78 is 0. The van der Waals surface area contributed by atoms with Crippen LogP contribution in [0.4, 0.5) is 0 Å². The highest BCUT2D eigenvalue weighted by Crippen LogP contribution is 2.50. The molecular weight excluding hydrogens is 456 g/mol. The average Bonchev–Trinajstić information content (AvgIpc) is 2.99. The van der Waals surface area contributed by atoms with Gasteiger partial charge in [0.05, 0.1) is 0 Å². The van der Waals surface area contributed by atoms with E-state index in [0.29, 0.717) is 11.8 Å². The minimum Gasteiger partial charge on any atom is -0.0839 e. The van der Waals surface area contributed by atoms with Crippen LogP contribution >= 0.6 is 0 Å². The van der Waals surface area contributed by atoms with Crippen molar-refractivity contribution in [3.63, 3.8) is 0 Å². The van der Waals surface area contributed by atoms with E-state index in [0.717, 1.165) is 12.8 Å². The minimum absolute atomic E-state index is 0.344. The van der Waals surface area contributed by atoms with Crippen molar-refractivity contribution in [2.75, 3.05) is 0 Å². The molecule has 38 heavy (non-hydrogen) atoms. The maximum atomic E-state index is 2.54. The van der Waals surface area contributed by atoms with E-state index in [9.17, 15) is 0 Å². The number of hydrogen-bond acceptors (Lipinski definition) is 0. The van der Waals surface area contributed by atoms with E-state index in [-0.39, 0.29) is 0 Å². The van der Waals surface area contributed by atoms with E-state index in [2.05, 4.69) is 134 Å². The molecule has 0 saturated carbocycles. The molecular formula is C38H28. The first-order valence-electron chi connectivity index (χ1n) is 13.8. The van der Waals surface area contributed by atoms with Crippen molar-refractivity contribution in [2.45, 2.75) is 12.8 Å². The van der Waals surface area contributed by atoms with Gasteiger partial charge in [0, 0.05) is 11.8 Å². The second-order valence-electron chi connectivity index (χ2n) is 10.7. The summed E-state index contributed by atoms with van der Waals surface area (Å²) in [6.07, 6.45) is 18.8. The van der Waals surface area contributed by atoms with Crippen LogP contribution in [0.15, 0.2) is 145 Å². The quantitative estimate of drug-likeness (QED) is 0.219. The minimum atomic E-state index is 0.344. The number of rotatable bonds is 2. The summed E-state index contributed by atoms with van der Waals surface area (Å²) in [6.45, 7) is 0. The van der Waals surface area contributed by atoms with Crippen LogP contribution in [0.5, 0.6) is 0 Å². The molecule has 0 heteroatoms. The molecule has 8 rings (SSSR count). The van der Waals surface area contributed by atoms with Gasteiger partial charge in [0.1, 0.15) is 0 Å². The molecule has 0 N–H and O–H groups in total. The van der Waals surface area contributed by atoms with Gasteiger partial charge in [-0.25, -0.2) is 0 Å². The smallest absolute Gasteiger partial charge is 0.0131 e. The van der Waals surface area contributed by atoms with Crippen LogP contribution in [0.3, 0.4) is 0 Å². The van der Waals surface area contributed by atoms with Gasteiger partial charge in [0.2, 0.25) is 0 Å². The van der Waals surface area contributed by atoms with Crippen LogP contribution in [0.2, 0.25) is 0 Å². The number of hydrogen-bond donors (Lipinski definition) is 0. The van der Waals surface area contributed by atoms with Gasteiger partial charge in [-0.15, -0.1) is 0 Å². The van der Waals surface area contributed by atoms with E-state index in [1.807, 2.05) is 0 Å². The summed E-state index contributed by atoms with van der Waals surface area (Å²) in [5, 5.41) is 7.93. The second-order valence-corrected chi connectivity index (χ2v) is 10.7. The molecule has 3 aliphatic carbocycles. The van der Waals surface area contributed by atoms with E-state index in [4.69, 9.17) is 0 Å². The summed E-state index contributed by atoms with van der Waals surface area (Å²) >= 11 is 0. The third-order valence-corrected chi connectivity index (χ3v) is 8.71. The van der Waals surface area contributed by atoms with Crippen LogP contribution in [0, 0.1) is 11.8 Å².